The highest BCUT2D eigenvalue weighted by molar-refractivity contribution is 5.33. The van der Waals surface area contributed by atoms with Crippen molar-refractivity contribution in [3.05, 3.63) is 29.6 Å². The van der Waals surface area contributed by atoms with Gasteiger partial charge in [0.25, 0.3) is 0 Å². The molecule has 0 aliphatic heterocycles. The van der Waals surface area contributed by atoms with Crippen LogP contribution < -0.4 is 5.73 Å². The maximum atomic E-state index is 5.70. The zero-order valence-electron chi connectivity index (χ0n) is 8.79. The summed E-state index contributed by atoms with van der Waals surface area (Å²) >= 11 is 0. The van der Waals surface area contributed by atoms with E-state index < -0.39 is 0 Å². The van der Waals surface area contributed by atoms with E-state index in [1.54, 1.807) is 0 Å². The summed E-state index contributed by atoms with van der Waals surface area (Å²) in [6, 6.07) is 2.17. The first-order valence-electron chi connectivity index (χ1n) is 5.40. The average Bonchev–Trinajstić information content (AvgIpc) is 2.13. The molecule has 2 nitrogen and oxygen atoms in total. The Morgan fingerprint density at radius 2 is 2.29 bits per heavy atom. The molecule has 2 N–H and O–H groups in total. The summed E-state index contributed by atoms with van der Waals surface area (Å²) < 4.78 is 0. The van der Waals surface area contributed by atoms with E-state index in [1.807, 2.05) is 12.4 Å². The van der Waals surface area contributed by atoms with E-state index in [-0.39, 0.29) is 0 Å². The number of aromatic nitrogens is 1. The number of nitrogens with two attached hydrogens (primary N) is 1. The fraction of sp³-hybridized carbons (Fsp3) is 0.583. The van der Waals surface area contributed by atoms with E-state index in [0.29, 0.717) is 5.41 Å². The van der Waals surface area contributed by atoms with Crippen LogP contribution in [0.2, 0.25) is 0 Å². The Morgan fingerprint density at radius 1 is 1.50 bits per heavy atom. The molecule has 0 atom stereocenters. The Labute approximate surface area is 85.5 Å². The predicted octanol–water partition coefficient (Wildman–Crippen LogP) is 2.16. The van der Waals surface area contributed by atoms with Crippen molar-refractivity contribution in [2.45, 2.75) is 38.0 Å². The van der Waals surface area contributed by atoms with Gasteiger partial charge in [0.2, 0.25) is 0 Å². The second-order valence-corrected chi connectivity index (χ2v) is 4.36. The van der Waals surface area contributed by atoms with Gasteiger partial charge in [0.15, 0.2) is 0 Å². The summed E-state index contributed by atoms with van der Waals surface area (Å²) in [6.07, 6.45) is 8.94. The van der Waals surface area contributed by atoms with Crippen LogP contribution in [0.5, 0.6) is 0 Å². The smallest absolute Gasteiger partial charge is 0.0299 e. The summed E-state index contributed by atoms with van der Waals surface area (Å²) in [7, 11) is 0. The lowest BCUT2D eigenvalue weighted by Gasteiger charge is -2.43. The summed E-state index contributed by atoms with van der Waals surface area (Å²) in [5.74, 6) is 0. The molecule has 1 aromatic heterocycles. The Balaban J connectivity index is 2.32. The molecular weight excluding hydrogens is 172 g/mol. The number of aryl methyl sites for hydroxylation is 1. The van der Waals surface area contributed by atoms with Crippen molar-refractivity contribution < 1.29 is 0 Å². The maximum absolute atomic E-state index is 5.70. The average molecular weight is 190 g/mol. The van der Waals surface area contributed by atoms with Crippen molar-refractivity contribution in [2.75, 3.05) is 6.54 Å². The van der Waals surface area contributed by atoms with Gasteiger partial charge in [-0.2, -0.15) is 0 Å². The van der Waals surface area contributed by atoms with Crippen LogP contribution in [0.4, 0.5) is 0 Å². The molecule has 1 aliphatic carbocycles. The number of rotatable bonds is 3. The van der Waals surface area contributed by atoms with Crippen LogP contribution in [0.15, 0.2) is 18.5 Å². The van der Waals surface area contributed by atoms with E-state index in [4.69, 9.17) is 5.73 Å². The first kappa shape index (κ1) is 9.66. The molecule has 1 saturated carbocycles. The first-order valence-corrected chi connectivity index (χ1v) is 5.40. The Bertz CT molecular complexity index is 316. The van der Waals surface area contributed by atoms with Gasteiger partial charge < -0.3 is 5.73 Å². The normalized spacial score (nSPS) is 19.0. The third kappa shape index (κ3) is 1.44. The predicted molar refractivity (Wildman–Crippen MR) is 58.2 cm³/mol. The van der Waals surface area contributed by atoms with Gasteiger partial charge in [-0.15, -0.1) is 0 Å². The minimum Gasteiger partial charge on any atom is -0.330 e. The molecule has 0 radical (unpaired) electrons. The molecule has 0 saturated heterocycles. The van der Waals surface area contributed by atoms with Gasteiger partial charge in [0.05, 0.1) is 0 Å². The van der Waals surface area contributed by atoms with E-state index in [2.05, 4.69) is 18.0 Å². The third-order valence-electron chi connectivity index (χ3n) is 3.53. The van der Waals surface area contributed by atoms with Crippen molar-refractivity contribution in [1.29, 1.82) is 0 Å². The largest absolute Gasteiger partial charge is 0.330 e. The van der Waals surface area contributed by atoms with Crippen LogP contribution in [0.25, 0.3) is 0 Å². The molecule has 1 aliphatic rings. The van der Waals surface area contributed by atoms with Crippen molar-refractivity contribution >= 4 is 0 Å². The summed E-state index contributed by atoms with van der Waals surface area (Å²) in [5, 5.41) is 0. The molecule has 76 valence electrons. The monoisotopic (exact) mass is 190 g/mol. The molecule has 1 aromatic rings. The molecule has 0 bridgehead atoms. The van der Waals surface area contributed by atoms with Crippen molar-refractivity contribution in [3.63, 3.8) is 0 Å². The molecule has 2 heteroatoms. The molecule has 1 heterocycles. The number of pyridine rings is 1. The van der Waals surface area contributed by atoms with Gasteiger partial charge >= 0.3 is 0 Å². The van der Waals surface area contributed by atoms with Crippen LogP contribution in [0.3, 0.4) is 0 Å². The fourth-order valence-corrected chi connectivity index (χ4v) is 2.60. The second kappa shape index (κ2) is 3.70. The lowest BCUT2D eigenvalue weighted by atomic mass is 9.62. The SMILES string of the molecule is Cc1cnccc1C1(CCN)CCC1. The van der Waals surface area contributed by atoms with E-state index >= 15 is 0 Å². The number of nitrogens with zero attached hydrogens (tertiary/aromatic N) is 1. The quantitative estimate of drug-likeness (QED) is 0.793. The molecule has 0 spiro atoms. The van der Waals surface area contributed by atoms with Gasteiger partial charge in [-0.25, -0.2) is 0 Å². The highest BCUT2D eigenvalue weighted by Gasteiger charge is 2.38. The Kier molecular flexibility index (Phi) is 2.55. The lowest BCUT2D eigenvalue weighted by Crippen LogP contribution is -2.37. The first-order chi connectivity index (χ1) is 6.78. The van der Waals surface area contributed by atoms with Crippen molar-refractivity contribution in [2.24, 2.45) is 5.73 Å². The number of hydrogen-bond donors (Lipinski definition) is 1. The van der Waals surface area contributed by atoms with E-state index in [9.17, 15) is 0 Å². The van der Waals surface area contributed by atoms with Crippen LogP contribution in [-0.2, 0) is 5.41 Å². The van der Waals surface area contributed by atoms with Gasteiger partial charge in [-0.3, -0.25) is 4.98 Å². The summed E-state index contributed by atoms with van der Waals surface area (Å²) in [4.78, 5) is 4.15. The highest BCUT2D eigenvalue weighted by Crippen LogP contribution is 2.46. The minimum absolute atomic E-state index is 0.391. The van der Waals surface area contributed by atoms with Gasteiger partial charge in [0, 0.05) is 12.4 Å². The Morgan fingerprint density at radius 3 is 2.79 bits per heavy atom. The van der Waals surface area contributed by atoms with Crippen molar-refractivity contribution in [1.82, 2.24) is 4.98 Å². The van der Waals surface area contributed by atoms with Crippen LogP contribution in [-0.4, -0.2) is 11.5 Å². The summed E-state index contributed by atoms with van der Waals surface area (Å²) in [6.45, 7) is 2.95. The third-order valence-corrected chi connectivity index (χ3v) is 3.53. The van der Waals surface area contributed by atoms with Gasteiger partial charge in [0.1, 0.15) is 0 Å². The molecule has 2 rings (SSSR count). The van der Waals surface area contributed by atoms with Crippen LogP contribution in [0.1, 0.15) is 36.8 Å². The minimum atomic E-state index is 0.391. The zero-order valence-corrected chi connectivity index (χ0v) is 8.79. The van der Waals surface area contributed by atoms with E-state index in [0.717, 1.165) is 13.0 Å². The number of hydrogen-bond acceptors (Lipinski definition) is 2. The van der Waals surface area contributed by atoms with Crippen LogP contribution >= 0.6 is 0 Å². The molecule has 0 unspecified atom stereocenters. The van der Waals surface area contributed by atoms with E-state index in [1.165, 1.54) is 30.4 Å². The lowest BCUT2D eigenvalue weighted by molar-refractivity contribution is 0.228. The topological polar surface area (TPSA) is 38.9 Å². The Hall–Kier alpha value is -0.890. The molecule has 1 fully saturated rings. The summed E-state index contributed by atoms with van der Waals surface area (Å²) in [5.41, 5.74) is 8.88. The van der Waals surface area contributed by atoms with Gasteiger partial charge in [-0.1, -0.05) is 6.42 Å². The highest BCUT2D eigenvalue weighted by atomic mass is 14.6. The van der Waals surface area contributed by atoms with Gasteiger partial charge in [-0.05, 0) is 55.3 Å². The fourth-order valence-electron chi connectivity index (χ4n) is 2.60. The standard InChI is InChI=1S/C12H18N2/c1-10-9-14-8-3-11(10)12(6-7-13)4-2-5-12/h3,8-9H,2,4-7,13H2,1H3. The van der Waals surface area contributed by atoms with Crippen LogP contribution in [0, 0.1) is 6.92 Å². The molecular formula is C12H18N2. The molecule has 0 amide bonds. The maximum Gasteiger partial charge on any atom is 0.0299 e. The zero-order chi connectivity index (χ0) is 10.0. The molecule has 14 heavy (non-hydrogen) atoms. The van der Waals surface area contributed by atoms with Crippen molar-refractivity contribution in [3.8, 4) is 0 Å². The molecule has 0 aromatic carbocycles. The second-order valence-electron chi connectivity index (χ2n) is 4.36.